The largest absolute Gasteiger partial charge is 0.336 e. The third-order valence-electron chi connectivity index (χ3n) is 3.14. The van der Waals surface area contributed by atoms with Crippen LogP contribution in [0.3, 0.4) is 0 Å². The average Bonchev–Trinajstić information content (AvgIpc) is 2.86. The molecule has 0 aliphatic carbocycles. The number of rotatable bonds is 0. The molecular formula is C14H8N2O. The molecule has 0 unspecified atom stereocenters. The molecule has 3 nitrogen and oxygen atoms in total. The summed E-state index contributed by atoms with van der Waals surface area (Å²) in [6.45, 7) is 0. The van der Waals surface area contributed by atoms with Gasteiger partial charge in [-0.1, -0.05) is 36.4 Å². The minimum atomic E-state index is 0.758. The summed E-state index contributed by atoms with van der Waals surface area (Å²) in [6, 6.07) is 16.5. The monoisotopic (exact) mass is 220 g/mol. The Labute approximate surface area is 96.6 Å². The van der Waals surface area contributed by atoms with E-state index in [2.05, 4.69) is 40.7 Å². The lowest BCUT2D eigenvalue weighted by atomic mass is 10.0. The van der Waals surface area contributed by atoms with Crippen LogP contribution in [0.15, 0.2) is 53.1 Å². The van der Waals surface area contributed by atoms with Crippen LogP contribution in [-0.2, 0) is 0 Å². The first-order valence-electron chi connectivity index (χ1n) is 5.46. The number of benzene rings is 3. The Balaban J connectivity index is 2.34. The van der Waals surface area contributed by atoms with Crippen LogP contribution in [0.2, 0.25) is 0 Å². The zero-order valence-electron chi connectivity index (χ0n) is 8.92. The third kappa shape index (κ3) is 1.11. The smallest absolute Gasteiger partial charge is 0.195 e. The van der Waals surface area contributed by atoms with Gasteiger partial charge in [-0.15, -0.1) is 5.10 Å². The van der Waals surface area contributed by atoms with Crippen molar-refractivity contribution in [2.24, 2.45) is 0 Å². The van der Waals surface area contributed by atoms with Crippen LogP contribution < -0.4 is 0 Å². The van der Waals surface area contributed by atoms with E-state index in [4.69, 9.17) is 4.52 Å². The lowest BCUT2D eigenvalue weighted by molar-refractivity contribution is 0.426. The Kier molecular flexibility index (Phi) is 1.56. The van der Waals surface area contributed by atoms with Crippen LogP contribution in [-0.4, -0.2) is 10.4 Å². The molecule has 0 saturated carbocycles. The average molecular weight is 220 g/mol. The predicted octanol–water partition coefficient (Wildman–Crippen LogP) is 3.53. The fourth-order valence-corrected chi connectivity index (χ4v) is 2.33. The third-order valence-corrected chi connectivity index (χ3v) is 3.14. The van der Waals surface area contributed by atoms with Gasteiger partial charge in [0.2, 0.25) is 0 Å². The molecule has 0 radical (unpaired) electrons. The highest BCUT2D eigenvalue weighted by Crippen LogP contribution is 2.29. The zero-order chi connectivity index (χ0) is 11.2. The maximum atomic E-state index is 5.22. The summed E-state index contributed by atoms with van der Waals surface area (Å²) in [4.78, 5) is 0. The topological polar surface area (TPSA) is 38.9 Å². The van der Waals surface area contributed by atoms with Crippen molar-refractivity contribution in [1.82, 2.24) is 10.4 Å². The Bertz CT molecular complexity index is 848. The van der Waals surface area contributed by atoms with Crippen molar-refractivity contribution in [1.29, 1.82) is 0 Å². The van der Waals surface area contributed by atoms with Crippen LogP contribution in [0.4, 0.5) is 0 Å². The summed E-state index contributed by atoms with van der Waals surface area (Å²) in [5.74, 6) is 0. The van der Waals surface area contributed by atoms with Crippen LogP contribution in [0.1, 0.15) is 0 Å². The zero-order valence-corrected chi connectivity index (χ0v) is 8.92. The van der Waals surface area contributed by atoms with Crippen LogP contribution in [0.25, 0.3) is 32.6 Å². The van der Waals surface area contributed by atoms with Gasteiger partial charge in [-0.2, -0.15) is 0 Å². The Morgan fingerprint density at radius 2 is 1.65 bits per heavy atom. The van der Waals surface area contributed by atoms with Gasteiger partial charge >= 0.3 is 0 Å². The summed E-state index contributed by atoms with van der Waals surface area (Å²) >= 11 is 0. The SMILES string of the molecule is c1ccc2c(c1)ccc1c2ccc2nnoc21. The number of aromatic nitrogens is 2. The number of nitrogens with zero attached hydrogens (tertiary/aromatic N) is 2. The number of hydrogen-bond donors (Lipinski definition) is 0. The molecular weight excluding hydrogens is 212 g/mol. The first-order valence-corrected chi connectivity index (χ1v) is 5.46. The van der Waals surface area contributed by atoms with E-state index in [0.717, 1.165) is 16.5 Å². The maximum absolute atomic E-state index is 5.22. The highest BCUT2D eigenvalue weighted by molar-refractivity contribution is 6.14. The Hall–Kier alpha value is -2.42. The van der Waals surface area contributed by atoms with Crippen molar-refractivity contribution in [2.45, 2.75) is 0 Å². The Morgan fingerprint density at radius 3 is 2.65 bits per heavy atom. The van der Waals surface area contributed by atoms with Crippen LogP contribution >= 0.6 is 0 Å². The first-order chi connectivity index (χ1) is 8.43. The van der Waals surface area contributed by atoms with Crippen molar-refractivity contribution in [3.63, 3.8) is 0 Å². The van der Waals surface area contributed by atoms with Gasteiger partial charge in [0.05, 0.1) is 0 Å². The molecule has 0 amide bonds. The molecule has 0 atom stereocenters. The van der Waals surface area contributed by atoms with Gasteiger partial charge in [0, 0.05) is 10.7 Å². The standard InChI is InChI=1S/C14H8N2O/c1-2-4-10-9(3-1)5-6-12-11(10)7-8-13-14(12)17-16-15-13/h1-8H. The van der Waals surface area contributed by atoms with Crippen LogP contribution in [0.5, 0.6) is 0 Å². The molecule has 0 bridgehead atoms. The summed E-state index contributed by atoms with van der Waals surface area (Å²) in [6.07, 6.45) is 0. The second-order valence-corrected chi connectivity index (χ2v) is 4.07. The van der Waals surface area contributed by atoms with Crippen molar-refractivity contribution in [3.8, 4) is 0 Å². The molecule has 0 fully saturated rings. The summed E-state index contributed by atoms with van der Waals surface area (Å²) < 4.78 is 5.22. The van der Waals surface area contributed by atoms with Gasteiger partial charge < -0.3 is 4.52 Å². The van der Waals surface area contributed by atoms with E-state index < -0.39 is 0 Å². The quantitative estimate of drug-likeness (QED) is 0.425. The molecule has 4 rings (SSSR count). The van der Waals surface area contributed by atoms with E-state index in [9.17, 15) is 0 Å². The van der Waals surface area contributed by atoms with E-state index in [1.165, 1.54) is 16.2 Å². The van der Waals surface area contributed by atoms with E-state index in [1.807, 2.05) is 18.2 Å². The normalized spacial score (nSPS) is 11.5. The lowest BCUT2D eigenvalue weighted by Crippen LogP contribution is -1.78. The molecule has 0 aliphatic heterocycles. The lowest BCUT2D eigenvalue weighted by Gasteiger charge is -2.02. The summed E-state index contributed by atoms with van der Waals surface area (Å²) in [5, 5.41) is 12.2. The highest BCUT2D eigenvalue weighted by atomic mass is 16.5. The van der Waals surface area contributed by atoms with E-state index in [-0.39, 0.29) is 0 Å². The maximum Gasteiger partial charge on any atom is 0.195 e. The molecule has 1 aromatic heterocycles. The molecule has 0 N–H and O–H groups in total. The molecule has 3 aromatic carbocycles. The van der Waals surface area contributed by atoms with Gasteiger partial charge in [0.1, 0.15) is 5.52 Å². The minimum Gasteiger partial charge on any atom is -0.336 e. The first kappa shape index (κ1) is 8.70. The van der Waals surface area contributed by atoms with E-state index in [0.29, 0.717) is 0 Å². The molecule has 80 valence electrons. The summed E-state index contributed by atoms with van der Waals surface area (Å²) in [5.41, 5.74) is 1.56. The molecule has 0 saturated heterocycles. The number of fused-ring (bicyclic) bond motifs is 5. The molecule has 4 aromatic rings. The van der Waals surface area contributed by atoms with E-state index >= 15 is 0 Å². The van der Waals surface area contributed by atoms with Gasteiger partial charge in [0.15, 0.2) is 5.58 Å². The highest BCUT2D eigenvalue weighted by Gasteiger charge is 2.07. The molecule has 1 heterocycles. The van der Waals surface area contributed by atoms with Gasteiger partial charge in [-0.25, -0.2) is 0 Å². The fourth-order valence-electron chi connectivity index (χ4n) is 2.33. The van der Waals surface area contributed by atoms with Crippen molar-refractivity contribution < 1.29 is 4.52 Å². The molecule has 17 heavy (non-hydrogen) atoms. The van der Waals surface area contributed by atoms with Gasteiger partial charge in [-0.3, -0.25) is 0 Å². The Morgan fingerprint density at radius 1 is 0.765 bits per heavy atom. The molecule has 0 aliphatic rings. The van der Waals surface area contributed by atoms with Crippen molar-refractivity contribution >= 4 is 32.6 Å². The minimum absolute atomic E-state index is 0.758. The second kappa shape index (κ2) is 3.04. The van der Waals surface area contributed by atoms with Crippen molar-refractivity contribution in [2.75, 3.05) is 0 Å². The van der Waals surface area contributed by atoms with Crippen LogP contribution in [0, 0.1) is 0 Å². The number of hydrogen-bond acceptors (Lipinski definition) is 3. The fraction of sp³-hybridized carbons (Fsp3) is 0. The second-order valence-electron chi connectivity index (χ2n) is 4.07. The molecule has 3 heteroatoms. The van der Waals surface area contributed by atoms with Gasteiger partial charge in [-0.05, 0) is 28.3 Å². The van der Waals surface area contributed by atoms with E-state index in [1.54, 1.807) is 0 Å². The van der Waals surface area contributed by atoms with Crippen molar-refractivity contribution in [3.05, 3.63) is 48.5 Å². The predicted molar refractivity (Wildman–Crippen MR) is 66.8 cm³/mol. The molecule has 0 spiro atoms. The summed E-state index contributed by atoms with van der Waals surface area (Å²) in [7, 11) is 0. The van der Waals surface area contributed by atoms with Gasteiger partial charge in [0.25, 0.3) is 0 Å².